The number of hydrogen-bond donors (Lipinski definition) is 4. The lowest BCUT2D eigenvalue weighted by molar-refractivity contribution is -0.120. The zero-order valence-corrected chi connectivity index (χ0v) is 34.7. The molecule has 9 nitrogen and oxygen atoms in total. The van der Waals surface area contributed by atoms with Crippen molar-refractivity contribution in [2.24, 2.45) is 11.8 Å². The number of sulfonamides is 2. The molecule has 2 aliphatic rings. The lowest BCUT2D eigenvalue weighted by Gasteiger charge is -2.13. The minimum absolute atomic E-state index is 0.0433. The number of fused-ring (bicyclic) bond motifs is 2. The van der Waals surface area contributed by atoms with Gasteiger partial charge in [-0.3, -0.25) is 14.2 Å². The smallest absolute Gasteiger partial charge is 0.261 e. The maximum Gasteiger partial charge on any atom is 0.261 e. The fourth-order valence-electron chi connectivity index (χ4n) is 7.29. The van der Waals surface area contributed by atoms with E-state index >= 15 is 0 Å². The minimum atomic E-state index is -3.64. The van der Waals surface area contributed by atoms with Gasteiger partial charge in [-0.05, 0) is 139 Å². The molecule has 2 aliphatic carbocycles. The summed E-state index contributed by atoms with van der Waals surface area (Å²) in [5.74, 6) is 1.60. The number of benzene rings is 4. The van der Waals surface area contributed by atoms with Crippen LogP contribution in [0, 0.1) is 11.8 Å². The summed E-state index contributed by atoms with van der Waals surface area (Å²) in [6, 6.07) is 25.9. The molecule has 296 valence electrons. The van der Waals surface area contributed by atoms with Crippen LogP contribution in [0.1, 0.15) is 99.6 Å². The molecule has 4 aromatic carbocycles. The van der Waals surface area contributed by atoms with Crippen molar-refractivity contribution in [3.05, 3.63) is 118 Å². The average Bonchev–Trinajstić information content (AvgIpc) is 3.79. The van der Waals surface area contributed by atoms with Gasteiger partial charge < -0.3 is 10.6 Å². The topological polar surface area (TPSA) is 133 Å². The van der Waals surface area contributed by atoms with E-state index in [0.717, 1.165) is 78.7 Å². The third-order valence-electron chi connectivity index (χ3n) is 10.5. The van der Waals surface area contributed by atoms with Crippen molar-refractivity contribution >= 4 is 37.3 Å². The summed E-state index contributed by atoms with van der Waals surface area (Å²) >= 11 is 0. The van der Waals surface area contributed by atoms with Crippen molar-refractivity contribution in [3.8, 4) is 0 Å². The quantitative estimate of drug-likeness (QED) is 0.0899. The van der Waals surface area contributed by atoms with Gasteiger partial charge in [0.1, 0.15) is 0 Å². The van der Waals surface area contributed by atoms with Crippen molar-refractivity contribution in [3.63, 3.8) is 0 Å². The van der Waals surface area contributed by atoms with E-state index in [1.54, 1.807) is 24.3 Å². The zero-order chi connectivity index (χ0) is 39.8. The molecular formula is C44H58N4O5S2. The van der Waals surface area contributed by atoms with E-state index in [0.29, 0.717) is 47.2 Å². The van der Waals surface area contributed by atoms with E-state index in [9.17, 15) is 21.6 Å². The summed E-state index contributed by atoms with van der Waals surface area (Å²) in [4.78, 5) is 12.1. The number of amides is 1. The van der Waals surface area contributed by atoms with Crippen LogP contribution in [0.2, 0.25) is 0 Å². The number of hydrogen-bond acceptors (Lipinski definition) is 6. The van der Waals surface area contributed by atoms with Crippen LogP contribution in [0.25, 0.3) is 0 Å². The molecule has 0 aliphatic heterocycles. The lowest BCUT2D eigenvalue weighted by Crippen LogP contribution is -2.28. The van der Waals surface area contributed by atoms with Gasteiger partial charge in [-0.25, -0.2) is 16.8 Å². The van der Waals surface area contributed by atoms with E-state index in [1.165, 1.54) is 5.56 Å². The molecule has 55 heavy (non-hydrogen) atoms. The van der Waals surface area contributed by atoms with Crippen LogP contribution in [-0.2, 0) is 50.5 Å². The highest BCUT2D eigenvalue weighted by molar-refractivity contribution is 7.93. The van der Waals surface area contributed by atoms with Crippen LogP contribution in [0.5, 0.6) is 0 Å². The van der Waals surface area contributed by atoms with Crippen molar-refractivity contribution in [1.29, 1.82) is 0 Å². The molecule has 0 aromatic heterocycles. The number of carbonyl (C=O) groups excluding carboxylic acids is 1. The molecule has 2 atom stereocenters. The van der Waals surface area contributed by atoms with Crippen molar-refractivity contribution in [2.75, 3.05) is 29.1 Å². The van der Waals surface area contributed by atoms with Gasteiger partial charge in [0.05, 0.1) is 21.2 Å². The fourth-order valence-corrected chi connectivity index (χ4v) is 9.48. The van der Waals surface area contributed by atoms with E-state index in [2.05, 4.69) is 60.8 Å². The molecule has 0 radical (unpaired) electrons. The van der Waals surface area contributed by atoms with Crippen molar-refractivity contribution in [1.82, 2.24) is 10.6 Å². The summed E-state index contributed by atoms with van der Waals surface area (Å²) in [6.45, 7) is 15.0. The van der Waals surface area contributed by atoms with Gasteiger partial charge in [0.2, 0.25) is 5.91 Å². The van der Waals surface area contributed by atoms with E-state index in [4.69, 9.17) is 0 Å². The van der Waals surface area contributed by atoms with Crippen LogP contribution < -0.4 is 20.1 Å². The Morgan fingerprint density at radius 2 is 1.05 bits per heavy atom. The predicted molar refractivity (Wildman–Crippen MR) is 224 cm³/mol. The highest BCUT2D eigenvalue weighted by Gasteiger charge is 2.27. The number of carbonyl (C=O) groups is 1. The van der Waals surface area contributed by atoms with Gasteiger partial charge in [0, 0.05) is 13.0 Å². The van der Waals surface area contributed by atoms with Gasteiger partial charge in [0.25, 0.3) is 20.0 Å². The number of rotatable bonds is 15. The SMILES string of the molecule is CCC(=O)NCC1Cc2cccc(NS(=O)(=O)c3ccc(C(C)C)cc3)c2C1.CCCNCC1Cc2cccc(NS(=O)(=O)c3ccc(C(C)C)cc3)c2C1. The molecule has 6 rings (SSSR count). The second kappa shape index (κ2) is 18.6. The van der Waals surface area contributed by atoms with E-state index in [1.807, 2.05) is 61.5 Å². The molecular weight excluding hydrogens is 729 g/mol. The monoisotopic (exact) mass is 786 g/mol. The number of nitrogens with one attached hydrogen (secondary N) is 4. The van der Waals surface area contributed by atoms with Gasteiger partial charge >= 0.3 is 0 Å². The predicted octanol–water partition coefficient (Wildman–Crippen LogP) is 8.18. The third kappa shape index (κ3) is 11.0. The Balaban J connectivity index is 0.000000211. The molecule has 0 fully saturated rings. The van der Waals surface area contributed by atoms with Crippen LogP contribution >= 0.6 is 0 Å². The maximum absolute atomic E-state index is 12.9. The average molecular weight is 787 g/mol. The first kappa shape index (κ1) is 42.0. The Kier molecular flexibility index (Phi) is 14.2. The molecule has 2 unspecified atom stereocenters. The first-order valence-electron chi connectivity index (χ1n) is 19.6. The first-order valence-corrected chi connectivity index (χ1v) is 22.6. The van der Waals surface area contributed by atoms with Crippen LogP contribution in [0.3, 0.4) is 0 Å². The second-order valence-electron chi connectivity index (χ2n) is 15.5. The summed E-state index contributed by atoms with van der Waals surface area (Å²) < 4.78 is 57.0. The van der Waals surface area contributed by atoms with Crippen LogP contribution in [-0.4, -0.2) is 42.4 Å². The minimum Gasteiger partial charge on any atom is -0.356 e. The molecule has 0 saturated carbocycles. The fraction of sp³-hybridized carbons (Fsp3) is 0.432. The first-order chi connectivity index (χ1) is 26.2. The molecule has 1 amide bonds. The summed E-state index contributed by atoms with van der Waals surface area (Å²) in [6.07, 6.45) is 5.12. The van der Waals surface area contributed by atoms with E-state index in [-0.39, 0.29) is 10.8 Å². The van der Waals surface area contributed by atoms with Crippen LogP contribution in [0.15, 0.2) is 94.7 Å². The molecule has 11 heteroatoms. The Hall–Kier alpha value is -4.19. The summed E-state index contributed by atoms with van der Waals surface area (Å²) in [5, 5.41) is 6.42. The van der Waals surface area contributed by atoms with Gasteiger partial charge in [0.15, 0.2) is 0 Å². The Labute approximate surface area is 329 Å². The molecule has 0 spiro atoms. The highest BCUT2D eigenvalue weighted by Crippen LogP contribution is 2.35. The van der Waals surface area contributed by atoms with Crippen molar-refractivity contribution < 1.29 is 21.6 Å². The molecule has 0 saturated heterocycles. The Bertz CT molecular complexity index is 2130. The molecule has 4 aromatic rings. The Morgan fingerprint density at radius 3 is 1.45 bits per heavy atom. The maximum atomic E-state index is 12.9. The number of anilines is 2. The van der Waals surface area contributed by atoms with Gasteiger partial charge in [-0.15, -0.1) is 0 Å². The standard InChI is InChI=1S/C22H28N2O3S.C22H30N2O2S/c1-4-22(25)23-14-16-12-18-6-5-7-21(20(18)13-16)24-28(26,27)19-10-8-17(9-11-19)15(2)3;1-4-12-23-15-17-13-19-6-5-7-22(21(19)14-17)24-27(25,26)20-10-8-18(9-11-20)16(2)3/h5-11,15-16,24H,4,12-14H2,1-3H3,(H,23,25);5-11,16-17,23-24H,4,12-15H2,1-3H3. The molecule has 0 heterocycles. The summed E-state index contributed by atoms with van der Waals surface area (Å²) in [7, 11) is -7.23. The highest BCUT2D eigenvalue weighted by atomic mass is 32.2. The van der Waals surface area contributed by atoms with Gasteiger partial charge in [-0.2, -0.15) is 0 Å². The zero-order valence-electron chi connectivity index (χ0n) is 33.1. The second-order valence-corrected chi connectivity index (χ2v) is 18.8. The van der Waals surface area contributed by atoms with E-state index < -0.39 is 20.0 Å². The van der Waals surface area contributed by atoms with Crippen molar-refractivity contribution in [2.45, 2.75) is 102 Å². The normalized spacial score (nSPS) is 16.3. The van der Waals surface area contributed by atoms with Crippen LogP contribution in [0.4, 0.5) is 11.4 Å². The summed E-state index contributed by atoms with van der Waals surface area (Å²) in [5.41, 5.74) is 8.17. The lowest BCUT2D eigenvalue weighted by atomic mass is 10.0. The largest absolute Gasteiger partial charge is 0.356 e. The Morgan fingerprint density at radius 1 is 0.618 bits per heavy atom. The molecule has 0 bridgehead atoms. The third-order valence-corrected chi connectivity index (χ3v) is 13.3. The molecule has 4 N–H and O–H groups in total. The van der Waals surface area contributed by atoms with Gasteiger partial charge in [-0.1, -0.05) is 90.1 Å².